The molecule has 1 saturated carbocycles. The summed E-state index contributed by atoms with van der Waals surface area (Å²) in [6.07, 6.45) is 7.23. The van der Waals surface area contributed by atoms with Crippen LogP contribution in [0.15, 0.2) is 108 Å². The van der Waals surface area contributed by atoms with Gasteiger partial charge in [-0.25, -0.2) is 4.79 Å². The molecule has 3 aromatic carbocycles. The van der Waals surface area contributed by atoms with Gasteiger partial charge in [-0.15, -0.1) is 0 Å². The van der Waals surface area contributed by atoms with Crippen LogP contribution >= 0.6 is 0 Å². The first kappa shape index (κ1) is 29.4. The van der Waals surface area contributed by atoms with Gasteiger partial charge in [-0.3, -0.25) is 9.59 Å². The number of aliphatic carboxylic acids is 1. The Labute approximate surface area is 250 Å². The fourth-order valence-corrected chi connectivity index (χ4v) is 4.72. The van der Waals surface area contributed by atoms with Gasteiger partial charge >= 0.3 is 5.97 Å². The van der Waals surface area contributed by atoms with Gasteiger partial charge in [0.25, 0.3) is 0 Å². The average molecular weight is 579 g/mol. The third-order valence-electron chi connectivity index (χ3n) is 7.25. The molecule has 8 nitrogen and oxygen atoms in total. The van der Waals surface area contributed by atoms with E-state index in [0.29, 0.717) is 53.9 Å². The van der Waals surface area contributed by atoms with Crippen LogP contribution in [0.1, 0.15) is 40.1 Å². The SMILES string of the molecule is O=C(c1ccccc1)c1ccccc1N[C@@H](Cc1ccc(OCCN(CC2CC2)C(=O)C=Cc2ccco2)cc1)C(=O)O. The maximum absolute atomic E-state index is 13.1. The molecule has 5 rings (SSSR count). The highest BCUT2D eigenvalue weighted by Crippen LogP contribution is 2.30. The van der Waals surface area contributed by atoms with Gasteiger partial charge in [0.15, 0.2) is 5.78 Å². The number of benzene rings is 3. The number of para-hydroxylation sites is 1. The number of furan rings is 1. The van der Waals surface area contributed by atoms with Gasteiger partial charge in [-0.2, -0.15) is 0 Å². The van der Waals surface area contributed by atoms with Crippen LogP contribution in [0.2, 0.25) is 0 Å². The van der Waals surface area contributed by atoms with Gasteiger partial charge in [0.1, 0.15) is 24.2 Å². The lowest BCUT2D eigenvalue weighted by Gasteiger charge is -2.21. The van der Waals surface area contributed by atoms with Gasteiger partial charge in [0.05, 0.1) is 12.8 Å². The molecular weight excluding hydrogens is 544 g/mol. The van der Waals surface area contributed by atoms with Gasteiger partial charge in [0, 0.05) is 35.9 Å². The van der Waals surface area contributed by atoms with E-state index in [1.165, 1.54) is 6.08 Å². The van der Waals surface area contributed by atoms with Crippen molar-refractivity contribution in [2.75, 3.05) is 25.0 Å². The second kappa shape index (κ2) is 14.2. The van der Waals surface area contributed by atoms with E-state index in [4.69, 9.17) is 9.15 Å². The minimum absolute atomic E-state index is 0.0819. The predicted octanol–water partition coefficient (Wildman–Crippen LogP) is 5.95. The number of ketones is 1. The summed E-state index contributed by atoms with van der Waals surface area (Å²) < 4.78 is 11.2. The first-order valence-electron chi connectivity index (χ1n) is 14.4. The van der Waals surface area contributed by atoms with Crippen molar-refractivity contribution < 1.29 is 28.6 Å². The molecule has 0 aliphatic heterocycles. The molecule has 8 heteroatoms. The van der Waals surface area contributed by atoms with Crippen LogP contribution in [0.3, 0.4) is 0 Å². The molecule has 1 amide bonds. The normalized spacial score (nSPS) is 13.4. The highest BCUT2D eigenvalue weighted by Gasteiger charge is 2.26. The monoisotopic (exact) mass is 578 g/mol. The summed E-state index contributed by atoms with van der Waals surface area (Å²) in [4.78, 5) is 39.8. The molecule has 220 valence electrons. The van der Waals surface area contributed by atoms with Crippen molar-refractivity contribution in [3.8, 4) is 5.75 Å². The lowest BCUT2D eigenvalue weighted by molar-refractivity contribution is -0.137. The van der Waals surface area contributed by atoms with Crippen LogP contribution < -0.4 is 10.1 Å². The minimum atomic E-state index is -1.02. The Bertz CT molecular complexity index is 1540. The van der Waals surface area contributed by atoms with E-state index >= 15 is 0 Å². The maximum atomic E-state index is 13.1. The largest absolute Gasteiger partial charge is 0.492 e. The number of nitrogens with one attached hydrogen (secondary N) is 1. The molecule has 0 unspecified atom stereocenters. The molecule has 1 heterocycles. The van der Waals surface area contributed by atoms with E-state index in [1.807, 2.05) is 18.2 Å². The Morgan fingerprint density at radius 1 is 0.953 bits per heavy atom. The fourth-order valence-electron chi connectivity index (χ4n) is 4.72. The molecule has 2 N–H and O–H groups in total. The van der Waals surface area contributed by atoms with Crippen LogP contribution in [-0.4, -0.2) is 53.4 Å². The number of rotatable bonds is 15. The topological polar surface area (TPSA) is 109 Å². The minimum Gasteiger partial charge on any atom is -0.492 e. The molecule has 43 heavy (non-hydrogen) atoms. The molecule has 0 spiro atoms. The number of ether oxygens (including phenoxy) is 1. The van der Waals surface area contributed by atoms with Crippen molar-refractivity contribution in [2.24, 2.45) is 5.92 Å². The summed E-state index contributed by atoms with van der Waals surface area (Å²) in [6, 6.07) is 25.7. The number of amides is 1. The summed E-state index contributed by atoms with van der Waals surface area (Å²) >= 11 is 0. The number of anilines is 1. The third-order valence-corrected chi connectivity index (χ3v) is 7.25. The Kier molecular flexibility index (Phi) is 9.69. The number of carboxylic acid groups (broad SMARTS) is 1. The molecular formula is C35H34N2O6. The van der Waals surface area contributed by atoms with Crippen molar-refractivity contribution in [3.05, 3.63) is 126 Å². The van der Waals surface area contributed by atoms with E-state index in [0.717, 1.165) is 18.4 Å². The van der Waals surface area contributed by atoms with Crippen LogP contribution in [0.5, 0.6) is 5.75 Å². The lowest BCUT2D eigenvalue weighted by Crippen LogP contribution is -2.35. The second-order valence-corrected chi connectivity index (χ2v) is 10.5. The summed E-state index contributed by atoms with van der Waals surface area (Å²) in [5, 5.41) is 13.0. The number of carbonyl (C=O) groups excluding carboxylic acids is 2. The Hall–Kier alpha value is -5.11. The molecule has 1 aliphatic carbocycles. The number of hydrogen-bond donors (Lipinski definition) is 2. The van der Waals surface area contributed by atoms with Crippen molar-refractivity contribution in [2.45, 2.75) is 25.3 Å². The zero-order valence-electron chi connectivity index (χ0n) is 23.7. The molecule has 0 radical (unpaired) electrons. The summed E-state index contributed by atoms with van der Waals surface area (Å²) in [7, 11) is 0. The van der Waals surface area contributed by atoms with Crippen molar-refractivity contribution in [1.82, 2.24) is 4.90 Å². The van der Waals surface area contributed by atoms with Crippen LogP contribution in [0.25, 0.3) is 6.08 Å². The molecule has 1 fully saturated rings. The van der Waals surface area contributed by atoms with Crippen LogP contribution in [-0.2, 0) is 16.0 Å². The molecule has 1 aromatic heterocycles. The van der Waals surface area contributed by atoms with Crippen LogP contribution in [0, 0.1) is 5.92 Å². The van der Waals surface area contributed by atoms with E-state index in [2.05, 4.69) is 5.32 Å². The summed E-state index contributed by atoms with van der Waals surface area (Å²) in [5.41, 5.74) is 2.21. The molecule has 4 aromatic rings. The second-order valence-electron chi connectivity index (χ2n) is 10.5. The maximum Gasteiger partial charge on any atom is 0.326 e. The van der Waals surface area contributed by atoms with E-state index < -0.39 is 12.0 Å². The highest BCUT2D eigenvalue weighted by atomic mass is 16.5. The van der Waals surface area contributed by atoms with Gasteiger partial charge in [-0.05, 0) is 66.8 Å². The first-order valence-corrected chi connectivity index (χ1v) is 14.4. The first-order chi connectivity index (χ1) is 21.0. The highest BCUT2D eigenvalue weighted by molar-refractivity contribution is 6.12. The summed E-state index contributed by atoms with van der Waals surface area (Å²) in [6.45, 7) is 1.48. The number of hydrogen-bond acceptors (Lipinski definition) is 6. The van der Waals surface area contributed by atoms with Crippen LogP contribution in [0.4, 0.5) is 5.69 Å². The zero-order valence-corrected chi connectivity index (χ0v) is 23.7. The van der Waals surface area contributed by atoms with Gasteiger partial charge in [0.2, 0.25) is 5.91 Å². The van der Waals surface area contributed by atoms with E-state index in [1.54, 1.807) is 90.0 Å². The lowest BCUT2D eigenvalue weighted by atomic mass is 10.00. The average Bonchev–Trinajstić information content (AvgIpc) is 3.70. The third kappa shape index (κ3) is 8.45. The van der Waals surface area contributed by atoms with Crippen molar-refractivity contribution >= 4 is 29.4 Å². The Morgan fingerprint density at radius 2 is 1.70 bits per heavy atom. The molecule has 1 atom stereocenters. The van der Waals surface area contributed by atoms with Crippen molar-refractivity contribution in [1.29, 1.82) is 0 Å². The standard InChI is InChI=1S/C35H34N2O6/c38-33(19-18-28-9-6-21-42-28)37(24-26-12-13-26)20-22-43-29-16-14-25(15-17-29)23-32(35(40)41)36-31-11-5-4-10-30(31)34(39)27-7-2-1-3-8-27/h1-11,14-19,21,26,32,36H,12-13,20,22-24H2,(H,40,41)/t32-/m0/s1. The van der Waals surface area contributed by atoms with Gasteiger partial charge < -0.3 is 24.5 Å². The molecule has 1 aliphatic rings. The van der Waals surface area contributed by atoms with Gasteiger partial charge in [-0.1, -0.05) is 54.6 Å². The van der Waals surface area contributed by atoms with E-state index in [-0.39, 0.29) is 18.1 Å². The zero-order chi connectivity index (χ0) is 30.0. The number of carbonyl (C=O) groups is 3. The quantitative estimate of drug-likeness (QED) is 0.133. The Morgan fingerprint density at radius 3 is 2.40 bits per heavy atom. The molecule has 0 saturated heterocycles. The smallest absolute Gasteiger partial charge is 0.326 e. The number of carboxylic acids is 1. The molecule has 0 bridgehead atoms. The van der Waals surface area contributed by atoms with E-state index in [9.17, 15) is 19.5 Å². The predicted molar refractivity (Wildman–Crippen MR) is 164 cm³/mol. The number of nitrogens with zero attached hydrogens (tertiary/aromatic N) is 1. The fraction of sp³-hybridized carbons (Fsp3) is 0.229. The summed E-state index contributed by atoms with van der Waals surface area (Å²) in [5.74, 6) is 0.513. The van der Waals surface area contributed by atoms with Crippen molar-refractivity contribution in [3.63, 3.8) is 0 Å². The Balaban J connectivity index is 1.17.